The lowest BCUT2D eigenvalue weighted by Crippen LogP contribution is -2.47. The Bertz CT molecular complexity index is 689. The standard InChI is InChI=1S/C18H26N2O3S/c1-14-12-15-8-6-7-11-17(15)20(14)18(21)13-19(2)24(22,23)16-9-4-3-5-10-16/h3-5,9-10,14-15,17H,6-8,11-13H2,1-2H3. The number of sulfonamides is 1. The van der Waals surface area contributed by atoms with Gasteiger partial charge in [0.1, 0.15) is 0 Å². The fourth-order valence-corrected chi connectivity index (χ4v) is 5.41. The Hall–Kier alpha value is -1.40. The Kier molecular flexibility index (Phi) is 4.97. The Morgan fingerprint density at radius 2 is 1.88 bits per heavy atom. The van der Waals surface area contributed by atoms with Crippen molar-refractivity contribution in [3.8, 4) is 0 Å². The van der Waals surface area contributed by atoms with Crippen molar-refractivity contribution in [3.05, 3.63) is 30.3 Å². The lowest BCUT2D eigenvalue weighted by Gasteiger charge is -2.34. The summed E-state index contributed by atoms with van der Waals surface area (Å²) >= 11 is 0. The summed E-state index contributed by atoms with van der Waals surface area (Å²) < 4.78 is 26.4. The first-order valence-corrected chi connectivity index (χ1v) is 10.2. The maximum absolute atomic E-state index is 12.8. The highest BCUT2D eigenvalue weighted by Gasteiger charge is 2.42. The number of carbonyl (C=O) groups is 1. The molecule has 6 heteroatoms. The van der Waals surface area contributed by atoms with Crippen LogP contribution in [-0.4, -0.2) is 49.2 Å². The zero-order chi connectivity index (χ0) is 17.3. The van der Waals surface area contributed by atoms with Crippen molar-refractivity contribution in [2.45, 2.75) is 56.0 Å². The van der Waals surface area contributed by atoms with E-state index in [4.69, 9.17) is 0 Å². The molecule has 3 rings (SSSR count). The minimum Gasteiger partial charge on any atom is -0.336 e. The van der Waals surface area contributed by atoms with Crippen LogP contribution in [0.4, 0.5) is 0 Å². The second kappa shape index (κ2) is 6.84. The van der Waals surface area contributed by atoms with E-state index >= 15 is 0 Å². The van der Waals surface area contributed by atoms with Crippen molar-refractivity contribution < 1.29 is 13.2 Å². The van der Waals surface area contributed by atoms with Crippen molar-refractivity contribution in [3.63, 3.8) is 0 Å². The van der Waals surface area contributed by atoms with Crippen LogP contribution in [-0.2, 0) is 14.8 Å². The van der Waals surface area contributed by atoms with Crippen LogP contribution in [0.25, 0.3) is 0 Å². The second-order valence-corrected chi connectivity index (χ2v) is 9.12. The van der Waals surface area contributed by atoms with Gasteiger partial charge in [-0.25, -0.2) is 8.42 Å². The third-order valence-corrected chi connectivity index (χ3v) is 7.26. The van der Waals surface area contributed by atoms with Gasteiger partial charge in [0.15, 0.2) is 0 Å². The van der Waals surface area contributed by atoms with Gasteiger partial charge in [0, 0.05) is 19.1 Å². The Labute approximate surface area is 144 Å². The summed E-state index contributed by atoms with van der Waals surface area (Å²) in [6.07, 6.45) is 5.70. The molecule has 3 atom stereocenters. The minimum atomic E-state index is -3.62. The third kappa shape index (κ3) is 3.22. The molecule has 1 aliphatic carbocycles. The van der Waals surface area contributed by atoms with E-state index in [2.05, 4.69) is 6.92 Å². The highest BCUT2D eigenvalue weighted by molar-refractivity contribution is 7.89. The fourth-order valence-electron chi connectivity index (χ4n) is 4.27. The molecule has 0 aromatic heterocycles. The molecule has 24 heavy (non-hydrogen) atoms. The topological polar surface area (TPSA) is 57.7 Å². The van der Waals surface area contributed by atoms with E-state index in [9.17, 15) is 13.2 Å². The number of fused-ring (bicyclic) bond motifs is 1. The lowest BCUT2D eigenvalue weighted by molar-refractivity contribution is -0.134. The van der Waals surface area contributed by atoms with Crippen molar-refractivity contribution in [1.29, 1.82) is 0 Å². The van der Waals surface area contributed by atoms with E-state index in [1.54, 1.807) is 30.3 Å². The number of hydrogen-bond donors (Lipinski definition) is 0. The summed E-state index contributed by atoms with van der Waals surface area (Å²) in [4.78, 5) is 15.0. The van der Waals surface area contributed by atoms with Gasteiger partial charge in [0.2, 0.25) is 15.9 Å². The van der Waals surface area contributed by atoms with Gasteiger partial charge in [-0.1, -0.05) is 31.0 Å². The van der Waals surface area contributed by atoms with Gasteiger partial charge in [-0.3, -0.25) is 4.79 Å². The van der Waals surface area contributed by atoms with Crippen LogP contribution in [0, 0.1) is 5.92 Å². The Morgan fingerprint density at radius 1 is 1.21 bits per heavy atom. The van der Waals surface area contributed by atoms with Gasteiger partial charge in [-0.15, -0.1) is 0 Å². The number of benzene rings is 1. The molecule has 0 bridgehead atoms. The van der Waals surface area contributed by atoms with Crippen LogP contribution in [0.5, 0.6) is 0 Å². The normalized spacial score (nSPS) is 27.3. The minimum absolute atomic E-state index is 0.0705. The van der Waals surface area contributed by atoms with Crippen molar-refractivity contribution in [1.82, 2.24) is 9.21 Å². The SMILES string of the molecule is CC1CC2CCCCC2N1C(=O)CN(C)S(=O)(=O)c1ccccc1. The van der Waals surface area contributed by atoms with E-state index in [-0.39, 0.29) is 23.4 Å². The molecule has 1 amide bonds. The third-order valence-electron chi connectivity index (χ3n) is 5.44. The zero-order valence-corrected chi connectivity index (χ0v) is 15.2. The number of amides is 1. The summed E-state index contributed by atoms with van der Waals surface area (Å²) in [6, 6.07) is 8.79. The average molecular weight is 350 g/mol. The average Bonchev–Trinajstić information content (AvgIpc) is 2.91. The summed E-state index contributed by atoms with van der Waals surface area (Å²) in [5.41, 5.74) is 0. The molecule has 0 radical (unpaired) electrons. The molecule has 1 heterocycles. The van der Waals surface area contributed by atoms with Gasteiger partial charge in [0.05, 0.1) is 11.4 Å². The number of nitrogens with zero attached hydrogens (tertiary/aromatic N) is 2. The first-order chi connectivity index (χ1) is 11.4. The predicted molar refractivity (Wildman–Crippen MR) is 92.9 cm³/mol. The molecule has 0 spiro atoms. The molecule has 1 aromatic rings. The van der Waals surface area contributed by atoms with E-state index in [0.717, 1.165) is 19.3 Å². The summed E-state index contributed by atoms with van der Waals surface area (Å²) in [6.45, 7) is 1.99. The van der Waals surface area contributed by atoms with E-state index in [1.807, 2.05) is 4.90 Å². The van der Waals surface area contributed by atoms with Crippen molar-refractivity contribution in [2.24, 2.45) is 5.92 Å². The fraction of sp³-hybridized carbons (Fsp3) is 0.611. The van der Waals surface area contributed by atoms with E-state index < -0.39 is 10.0 Å². The molecule has 1 saturated heterocycles. The number of carbonyl (C=O) groups excluding carboxylic acids is 1. The molecule has 1 aliphatic heterocycles. The molecule has 2 aliphatic rings. The van der Waals surface area contributed by atoms with Crippen LogP contribution in [0.2, 0.25) is 0 Å². The van der Waals surface area contributed by atoms with Crippen LogP contribution in [0.1, 0.15) is 39.0 Å². The summed E-state index contributed by atoms with van der Waals surface area (Å²) in [7, 11) is -2.14. The van der Waals surface area contributed by atoms with Gasteiger partial charge >= 0.3 is 0 Å². The Balaban J connectivity index is 1.72. The molecule has 2 fully saturated rings. The first-order valence-electron chi connectivity index (χ1n) is 8.74. The monoisotopic (exact) mass is 350 g/mol. The number of likely N-dealkylation sites (tertiary alicyclic amines) is 1. The van der Waals surface area contributed by atoms with Gasteiger partial charge in [-0.05, 0) is 44.2 Å². The molecule has 1 saturated carbocycles. The smallest absolute Gasteiger partial charge is 0.243 e. The maximum Gasteiger partial charge on any atom is 0.243 e. The summed E-state index contributed by atoms with van der Waals surface area (Å²) in [5, 5.41) is 0. The molecular formula is C18H26N2O3S. The van der Waals surface area contributed by atoms with E-state index in [0.29, 0.717) is 12.0 Å². The molecule has 0 N–H and O–H groups in total. The second-order valence-electron chi connectivity index (χ2n) is 7.07. The first kappa shape index (κ1) is 17.4. The Morgan fingerprint density at radius 3 is 2.58 bits per heavy atom. The maximum atomic E-state index is 12.8. The van der Waals surface area contributed by atoms with E-state index in [1.165, 1.54) is 24.2 Å². The highest BCUT2D eigenvalue weighted by Crippen LogP contribution is 2.39. The van der Waals surface area contributed by atoms with Gasteiger partial charge < -0.3 is 4.90 Å². The number of likely N-dealkylation sites (N-methyl/N-ethyl adjacent to an activating group) is 1. The molecular weight excluding hydrogens is 324 g/mol. The number of rotatable bonds is 4. The van der Waals surface area contributed by atoms with Crippen LogP contribution in [0.15, 0.2) is 35.2 Å². The van der Waals surface area contributed by atoms with Crippen LogP contribution >= 0.6 is 0 Å². The molecule has 132 valence electrons. The van der Waals surface area contributed by atoms with Crippen LogP contribution < -0.4 is 0 Å². The molecule has 1 aromatic carbocycles. The lowest BCUT2D eigenvalue weighted by atomic mass is 9.85. The molecule has 5 nitrogen and oxygen atoms in total. The van der Waals surface area contributed by atoms with Crippen LogP contribution in [0.3, 0.4) is 0 Å². The van der Waals surface area contributed by atoms with Crippen molar-refractivity contribution in [2.75, 3.05) is 13.6 Å². The zero-order valence-electron chi connectivity index (χ0n) is 14.4. The highest BCUT2D eigenvalue weighted by atomic mass is 32.2. The number of hydrogen-bond acceptors (Lipinski definition) is 3. The van der Waals surface area contributed by atoms with Gasteiger partial charge in [-0.2, -0.15) is 4.31 Å². The predicted octanol–water partition coefficient (Wildman–Crippen LogP) is 2.49. The van der Waals surface area contributed by atoms with Crippen molar-refractivity contribution >= 4 is 15.9 Å². The summed E-state index contributed by atoms with van der Waals surface area (Å²) in [5.74, 6) is 0.521. The van der Waals surface area contributed by atoms with Gasteiger partial charge in [0.25, 0.3) is 0 Å². The largest absolute Gasteiger partial charge is 0.336 e. The quantitative estimate of drug-likeness (QED) is 0.838. The molecule has 3 unspecified atom stereocenters.